The molecule has 8 nitrogen and oxygen atoms in total. The molecule has 1 amide bonds. The van der Waals surface area contributed by atoms with E-state index in [1.807, 2.05) is 12.1 Å². The van der Waals surface area contributed by atoms with Crippen LogP contribution in [0.4, 0.5) is 10.9 Å². The van der Waals surface area contributed by atoms with Gasteiger partial charge in [-0.05, 0) is 56.2 Å². The number of aromatic nitrogens is 3. The third-order valence-corrected chi connectivity index (χ3v) is 8.25. The summed E-state index contributed by atoms with van der Waals surface area (Å²) < 4.78 is 7.63. The molecule has 0 aromatic carbocycles. The molecule has 1 aliphatic carbocycles. The van der Waals surface area contributed by atoms with E-state index in [9.17, 15) is 10.1 Å². The summed E-state index contributed by atoms with van der Waals surface area (Å²) in [5.41, 5.74) is 1.79. The summed E-state index contributed by atoms with van der Waals surface area (Å²) in [6, 6.07) is 6.13. The van der Waals surface area contributed by atoms with Gasteiger partial charge in [-0.2, -0.15) is 5.26 Å². The first kappa shape index (κ1) is 22.0. The van der Waals surface area contributed by atoms with Crippen molar-refractivity contribution in [3.8, 4) is 6.07 Å². The van der Waals surface area contributed by atoms with Crippen molar-refractivity contribution in [2.24, 2.45) is 0 Å². The second kappa shape index (κ2) is 10.0. The maximum Gasteiger partial charge on any atom is 0.228 e. The van der Waals surface area contributed by atoms with E-state index in [1.54, 1.807) is 17.6 Å². The Bertz CT molecular complexity index is 1150. The van der Waals surface area contributed by atoms with Crippen LogP contribution in [-0.4, -0.2) is 39.5 Å². The molecule has 0 spiro atoms. The number of carbonyl (C=O) groups excluding carboxylic acids is 1. The number of hydrogen-bond donors (Lipinski definition) is 1. The van der Waals surface area contributed by atoms with Gasteiger partial charge in [0.05, 0.1) is 18.4 Å². The largest absolute Gasteiger partial charge is 0.467 e. The van der Waals surface area contributed by atoms with Crippen molar-refractivity contribution in [3.05, 3.63) is 40.2 Å². The number of hydrogen-bond acceptors (Lipinski definition) is 8. The van der Waals surface area contributed by atoms with E-state index in [-0.39, 0.29) is 5.91 Å². The third kappa shape index (κ3) is 4.80. The first-order valence-electron chi connectivity index (χ1n) is 11.4. The minimum atomic E-state index is -0.0746. The Hall–Kier alpha value is -2.77. The number of anilines is 2. The smallest absolute Gasteiger partial charge is 0.228 e. The van der Waals surface area contributed by atoms with Crippen LogP contribution in [0, 0.1) is 11.3 Å². The topological polar surface area (TPSA) is 100.0 Å². The predicted octanol–water partition coefficient (Wildman–Crippen LogP) is 4.45. The summed E-state index contributed by atoms with van der Waals surface area (Å²) in [6.45, 7) is 2.53. The summed E-state index contributed by atoms with van der Waals surface area (Å²) in [6.07, 6.45) is 8.53. The van der Waals surface area contributed by atoms with Gasteiger partial charge in [-0.15, -0.1) is 21.5 Å². The Labute approximate surface area is 201 Å². The van der Waals surface area contributed by atoms with Crippen LogP contribution < -0.4 is 10.2 Å². The highest BCUT2D eigenvalue weighted by atomic mass is 32.2. The van der Waals surface area contributed by atoms with Gasteiger partial charge in [0.1, 0.15) is 16.8 Å². The molecule has 0 saturated carbocycles. The van der Waals surface area contributed by atoms with Gasteiger partial charge >= 0.3 is 0 Å². The zero-order valence-electron chi connectivity index (χ0n) is 18.4. The molecular weight excluding hydrogens is 456 g/mol. The maximum atomic E-state index is 12.6. The van der Waals surface area contributed by atoms with Gasteiger partial charge in [0.25, 0.3) is 0 Å². The summed E-state index contributed by atoms with van der Waals surface area (Å²) in [4.78, 5) is 16.2. The van der Waals surface area contributed by atoms with E-state index in [2.05, 4.69) is 31.1 Å². The second-order valence-corrected chi connectivity index (χ2v) is 10.5. The molecule has 4 heterocycles. The SMILES string of the molecule is N#Cc1c(NC(=O)CCSc2nnc(N3CCCC3)n2Cc2ccco2)sc2c1CCCC2. The second-order valence-electron chi connectivity index (χ2n) is 8.32. The predicted molar refractivity (Wildman–Crippen MR) is 129 cm³/mol. The molecule has 1 fully saturated rings. The van der Waals surface area contributed by atoms with Crippen molar-refractivity contribution < 1.29 is 9.21 Å². The number of aryl methyl sites for hydroxylation is 1. The summed E-state index contributed by atoms with van der Waals surface area (Å²) in [7, 11) is 0. The molecule has 0 bridgehead atoms. The van der Waals surface area contributed by atoms with Crippen LogP contribution in [0.2, 0.25) is 0 Å². The zero-order valence-corrected chi connectivity index (χ0v) is 20.0. The number of nitriles is 1. The van der Waals surface area contributed by atoms with Crippen molar-refractivity contribution >= 4 is 40.0 Å². The molecule has 172 valence electrons. The Morgan fingerprint density at radius 1 is 1.24 bits per heavy atom. The monoisotopic (exact) mass is 482 g/mol. The average Bonchev–Trinajstić information content (AvgIpc) is 3.61. The zero-order chi connectivity index (χ0) is 22.6. The molecule has 0 unspecified atom stereocenters. The Kier molecular flexibility index (Phi) is 6.69. The van der Waals surface area contributed by atoms with Crippen molar-refractivity contribution in [1.29, 1.82) is 5.26 Å². The first-order chi connectivity index (χ1) is 16.2. The van der Waals surface area contributed by atoms with Gasteiger partial charge in [0, 0.05) is 30.1 Å². The van der Waals surface area contributed by atoms with Gasteiger partial charge in [-0.3, -0.25) is 9.36 Å². The quantitative estimate of drug-likeness (QED) is 0.473. The normalized spacial score (nSPS) is 15.4. The van der Waals surface area contributed by atoms with E-state index in [1.165, 1.54) is 16.6 Å². The highest BCUT2D eigenvalue weighted by Crippen LogP contribution is 2.37. The Morgan fingerprint density at radius 2 is 2.09 bits per heavy atom. The van der Waals surface area contributed by atoms with E-state index < -0.39 is 0 Å². The Morgan fingerprint density at radius 3 is 2.88 bits per heavy atom. The van der Waals surface area contributed by atoms with Gasteiger partial charge in [-0.1, -0.05) is 11.8 Å². The van der Waals surface area contributed by atoms with Crippen molar-refractivity contribution in [3.63, 3.8) is 0 Å². The number of amides is 1. The molecule has 1 aliphatic heterocycles. The minimum Gasteiger partial charge on any atom is -0.467 e. The number of fused-ring (bicyclic) bond motifs is 1. The Balaban J connectivity index is 1.23. The number of thioether (sulfide) groups is 1. The highest BCUT2D eigenvalue weighted by Gasteiger charge is 2.23. The maximum absolute atomic E-state index is 12.6. The first-order valence-corrected chi connectivity index (χ1v) is 13.2. The van der Waals surface area contributed by atoms with Gasteiger partial charge in [0.15, 0.2) is 5.16 Å². The van der Waals surface area contributed by atoms with Crippen molar-refractivity contribution in [1.82, 2.24) is 14.8 Å². The summed E-state index contributed by atoms with van der Waals surface area (Å²) in [5, 5.41) is 22.9. The number of nitrogens with zero attached hydrogens (tertiary/aromatic N) is 5. The van der Waals surface area contributed by atoms with E-state index in [0.717, 1.165) is 74.0 Å². The van der Waals surface area contributed by atoms with Crippen molar-refractivity contribution in [2.45, 2.75) is 56.6 Å². The number of thiophene rings is 1. The average molecular weight is 483 g/mol. The number of rotatable bonds is 8. The van der Waals surface area contributed by atoms with Crippen LogP contribution in [0.1, 0.15) is 53.9 Å². The number of carbonyl (C=O) groups is 1. The molecule has 33 heavy (non-hydrogen) atoms. The van der Waals surface area contributed by atoms with E-state index in [4.69, 9.17) is 4.42 Å². The van der Waals surface area contributed by atoms with Crippen LogP contribution in [-0.2, 0) is 24.2 Å². The lowest BCUT2D eigenvalue weighted by Crippen LogP contribution is -2.22. The van der Waals surface area contributed by atoms with Gasteiger partial charge in [0.2, 0.25) is 11.9 Å². The minimum absolute atomic E-state index is 0.0746. The van der Waals surface area contributed by atoms with Crippen LogP contribution in [0.15, 0.2) is 28.0 Å². The third-order valence-electron chi connectivity index (χ3n) is 6.08. The van der Waals surface area contributed by atoms with Crippen LogP contribution >= 0.6 is 23.1 Å². The standard InChI is InChI=1S/C23H26N6O2S2/c24-14-18-17-7-1-2-8-19(17)33-21(18)25-20(30)9-13-32-23-27-26-22(28-10-3-4-11-28)29(23)15-16-6-5-12-31-16/h5-6,12H,1-4,7-11,13,15H2,(H,25,30). The van der Waals surface area contributed by atoms with Gasteiger partial charge < -0.3 is 14.6 Å². The molecule has 10 heteroatoms. The fourth-order valence-electron chi connectivity index (χ4n) is 4.43. The molecular formula is C23H26N6O2S2. The van der Waals surface area contributed by atoms with E-state index >= 15 is 0 Å². The molecule has 0 atom stereocenters. The number of furan rings is 1. The lowest BCUT2D eigenvalue weighted by atomic mass is 9.96. The summed E-state index contributed by atoms with van der Waals surface area (Å²) >= 11 is 3.09. The van der Waals surface area contributed by atoms with E-state index in [0.29, 0.717) is 29.3 Å². The molecule has 3 aromatic heterocycles. The van der Waals surface area contributed by atoms with Gasteiger partial charge in [-0.25, -0.2) is 0 Å². The molecule has 2 aliphatic rings. The van der Waals surface area contributed by atoms with Crippen LogP contribution in [0.3, 0.4) is 0 Å². The number of nitrogens with one attached hydrogen (secondary N) is 1. The summed E-state index contributed by atoms with van der Waals surface area (Å²) in [5.74, 6) is 2.21. The molecule has 1 saturated heterocycles. The fourth-order valence-corrected chi connectivity index (χ4v) is 6.56. The van der Waals surface area contributed by atoms with Crippen LogP contribution in [0.5, 0.6) is 0 Å². The molecule has 3 aromatic rings. The fraction of sp³-hybridized carbons (Fsp3) is 0.478. The van der Waals surface area contributed by atoms with Crippen LogP contribution in [0.25, 0.3) is 0 Å². The lowest BCUT2D eigenvalue weighted by Gasteiger charge is -2.17. The molecule has 1 N–H and O–H groups in total. The highest BCUT2D eigenvalue weighted by molar-refractivity contribution is 7.99. The van der Waals surface area contributed by atoms with Crippen molar-refractivity contribution in [2.75, 3.05) is 29.1 Å². The lowest BCUT2D eigenvalue weighted by molar-refractivity contribution is -0.115. The molecule has 0 radical (unpaired) electrons. The molecule has 5 rings (SSSR count).